The van der Waals surface area contributed by atoms with E-state index in [-0.39, 0.29) is 17.4 Å². The minimum atomic E-state index is -3.57. The average Bonchev–Trinajstić information content (AvgIpc) is 2.75. The molecule has 0 unspecified atom stereocenters. The van der Waals surface area contributed by atoms with Crippen LogP contribution < -0.4 is 14.8 Å². The van der Waals surface area contributed by atoms with Crippen molar-refractivity contribution in [1.29, 1.82) is 0 Å². The number of hydrogen-bond acceptors (Lipinski definition) is 6. The van der Waals surface area contributed by atoms with Crippen molar-refractivity contribution in [2.24, 2.45) is 0 Å². The van der Waals surface area contributed by atoms with Gasteiger partial charge in [0.05, 0.1) is 24.7 Å². The lowest BCUT2D eigenvalue weighted by atomic mass is 10.2. The summed E-state index contributed by atoms with van der Waals surface area (Å²) < 4.78 is 43.1. The van der Waals surface area contributed by atoms with Crippen LogP contribution in [0.3, 0.4) is 0 Å². The fraction of sp³-hybridized carbons (Fsp3) is 0.381. The van der Waals surface area contributed by atoms with Crippen molar-refractivity contribution >= 4 is 21.6 Å². The van der Waals surface area contributed by atoms with Gasteiger partial charge in [-0.2, -0.15) is 4.31 Å². The first kappa shape index (κ1) is 22.1. The predicted octanol–water partition coefficient (Wildman–Crippen LogP) is 2.43. The van der Waals surface area contributed by atoms with E-state index < -0.39 is 10.0 Å². The number of anilines is 1. The number of carbonyl (C=O) groups is 1. The van der Waals surface area contributed by atoms with Crippen LogP contribution >= 0.6 is 0 Å². The Labute approximate surface area is 176 Å². The van der Waals surface area contributed by atoms with E-state index >= 15 is 0 Å². The van der Waals surface area contributed by atoms with Gasteiger partial charge < -0.3 is 19.5 Å². The number of benzene rings is 2. The highest BCUT2D eigenvalue weighted by Crippen LogP contribution is 2.24. The fourth-order valence-electron chi connectivity index (χ4n) is 3.02. The van der Waals surface area contributed by atoms with Gasteiger partial charge in [0.25, 0.3) is 5.91 Å². The predicted molar refractivity (Wildman–Crippen MR) is 112 cm³/mol. The topological polar surface area (TPSA) is 94.2 Å². The number of nitrogens with zero attached hydrogens (tertiary/aromatic N) is 1. The Morgan fingerprint density at radius 2 is 1.80 bits per heavy atom. The summed E-state index contributed by atoms with van der Waals surface area (Å²) in [5, 5.41) is 2.75. The van der Waals surface area contributed by atoms with E-state index in [1.54, 1.807) is 43.3 Å². The highest BCUT2D eigenvalue weighted by molar-refractivity contribution is 7.89. The molecule has 0 bridgehead atoms. The fourth-order valence-corrected chi connectivity index (χ4v) is 4.52. The third-order valence-electron chi connectivity index (χ3n) is 4.56. The van der Waals surface area contributed by atoms with Gasteiger partial charge >= 0.3 is 0 Å². The second-order valence-electron chi connectivity index (χ2n) is 6.74. The summed E-state index contributed by atoms with van der Waals surface area (Å²) in [6, 6.07) is 11.7. The van der Waals surface area contributed by atoms with Crippen LogP contribution in [-0.2, 0) is 19.6 Å². The van der Waals surface area contributed by atoms with Crippen molar-refractivity contribution in [3.8, 4) is 11.5 Å². The Bertz CT molecular complexity index is 969. The Morgan fingerprint density at radius 3 is 2.43 bits per heavy atom. The van der Waals surface area contributed by atoms with Crippen LogP contribution in [-0.4, -0.2) is 58.1 Å². The molecule has 0 aromatic heterocycles. The first-order chi connectivity index (χ1) is 14.4. The van der Waals surface area contributed by atoms with E-state index in [0.717, 1.165) is 5.75 Å². The Morgan fingerprint density at radius 1 is 1.10 bits per heavy atom. The lowest BCUT2D eigenvalue weighted by molar-refractivity contribution is -0.118. The molecule has 1 aliphatic heterocycles. The second-order valence-corrected chi connectivity index (χ2v) is 8.68. The van der Waals surface area contributed by atoms with E-state index in [1.165, 1.54) is 10.4 Å². The van der Waals surface area contributed by atoms with Crippen LogP contribution in [0.25, 0.3) is 0 Å². The molecule has 1 N–H and O–H groups in total. The van der Waals surface area contributed by atoms with Crippen LogP contribution in [0.1, 0.15) is 12.5 Å². The maximum atomic E-state index is 12.7. The zero-order valence-corrected chi connectivity index (χ0v) is 17.9. The molecule has 1 saturated heterocycles. The van der Waals surface area contributed by atoms with Gasteiger partial charge in [0.1, 0.15) is 11.5 Å². The molecule has 8 nitrogen and oxygen atoms in total. The van der Waals surface area contributed by atoms with Gasteiger partial charge in [-0.15, -0.1) is 0 Å². The second kappa shape index (κ2) is 9.92. The van der Waals surface area contributed by atoms with Gasteiger partial charge in [0, 0.05) is 18.8 Å². The molecular formula is C21H26N2O6S. The number of sulfonamides is 1. The molecule has 0 aliphatic carbocycles. The third kappa shape index (κ3) is 5.50. The molecule has 1 amide bonds. The summed E-state index contributed by atoms with van der Waals surface area (Å²) in [5.41, 5.74) is 1.27. The highest BCUT2D eigenvalue weighted by Gasteiger charge is 2.26. The molecule has 30 heavy (non-hydrogen) atoms. The van der Waals surface area contributed by atoms with E-state index in [4.69, 9.17) is 14.2 Å². The smallest absolute Gasteiger partial charge is 0.262 e. The number of aryl methyl sites for hydroxylation is 1. The minimum Gasteiger partial charge on any atom is -0.494 e. The summed E-state index contributed by atoms with van der Waals surface area (Å²) in [5.74, 6) is 0.871. The van der Waals surface area contributed by atoms with Crippen LogP contribution in [0.15, 0.2) is 47.4 Å². The average molecular weight is 435 g/mol. The number of nitrogens with one attached hydrogen (secondary N) is 1. The van der Waals surface area contributed by atoms with Crippen molar-refractivity contribution in [1.82, 2.24) is 4.31 Å². The van der Waals surface area contributed by atoms with E-state index in [1.807, 2.05) is 6.92 Å². The zero-order valence-electron chi connectivity index (χ0n) is 17.1. The Kier molecular flexibility index (Phi) is 7.30. The maximum absolute atomic E-state index is 12.7. The SMILES string of the molecule is CCOc1ccc(NC(=O)COc2ccc(S(=O)(=O)N3CCOCC3)cc2C)cc1. The van der Waals surface area contributed by atoms with Crippen LogP contribution in [0.2, 0.25) is 0 Å². The molecule has 0 saturated carbocycles. The summed E-state index contributed by atoms with van der Waals surface area (Å²) in [6.45, 7) is 5.50. The van der Waals surface area contributed by atoms with Crippen LogP contribution in [0.5, 0.6) is 11.5 Å². The number of carbonyl (C=O) groups excluding carboxylic acids is 1. The molecule has 0 spiro atoms. The van der Waals surface area contributed by atoms with E-state index in [0.29, 0.717) is 49.9 Å². The normalized spacial score (nSPS) is 14.9. The first-order valence-electron chi connectivity index (χ1n) is 9.74. The standard InChI is InChI=1S/C21H26N2O6S/c1-3-28-18-6-4-17(5-7-18)22-21(24)15-29-20-9-8-19(14-16(20)2)30(25,26)23-10-12-27-13-11-23/h4-9,14H,3,10-13,15H2,1-2H3,(H,22,24). The molecular weight excluding hydrogens is 408 g/mol. The number of amides is 1. The molecule has 1 fully saturated rings. The van der Waals surface area contributed by atoms with Crippen molar-refractivity contribution in [3.63, 3.8) is 0 Å². The third-order valence-corrected chi connectivity index (χ3v) is 6.46. The summed E-state index contributed by atoms with van der Waals surface area (Å²) in [6.07, 6.45) is 0. The molecule has 0 radical (unpaired) electrons. The summed E-state index contributed by atoms with van der Waals surface area (Å²) in [4.78, 5) is 12.4. The summed E-state index contributed by atoms with van der Waals surface area (Å²) >= 11 is 0. The zero-order chi connectivity index (χ0) is 21.6. The molecule has 1 heterocycles. The number of hydrogen-bond donors (Lipinski definition) is 1. The molecule has 9 heteroatoms. The molecule has 3 rings (SSSR count). The minimum absolute atomic E-state index is 0.191. The molecule has 1 aliphatic rings. The van der Waals surface area contributed by atoms with Crippen molar-refractivity contribution < 1.29 is 27.4 Å². The number of morpholine rings is 1. The van der Waals surface area contributed by atoms with Crippen molar-refractivity contribution in [2.45, 2.75) is 18.7 Å². The van der Waals surface area contributed by atoms with Gasteiger partial charge in [-0.25, -0.2) is 8.42 Å². The van der Waals surface area contributed by atoms with Gasteiger partial charge in [-0.1, -0.05) is 0 Å². The van der Waals surface area contributed by atoms with E-state index in [2.05, 4.69) is 5.32 Å². The lowest BCUT2D eigenvalue weighted by Gasteiger charge is -2.26. The molecule has 162 valence electrons. The monoisotopic (exact) mass is 434 g/mol. The van der Waals surface area contributed by atoms with Crippen molar-refractivity contribution in [3.05, 3.63) is 48.0 Å². The largest absolute Gasteiger partial charge is 0.494 e. The molecule has 2 aromatic carbocycles. The van der Waals surface area contributed by atoms with Gasteiger partial charge in [-0.05, 0) is 61.9 Å². The summed E-state index contributed by atoms with van der Waals surface area (Å²) in [7, 11) is -3.57. The number of rotatable bonds is 8. The highest BCUT2D eigenvalue weighted by atomic mass is 32.2. The Balaban J connectivity index is 1.58. The molecule has 0 atom stereocenters. The lowest BCUT2D eigenvalue weighted by Crippen LogP contribution is -2.40. The van der Waals surface area contributed by atoms with Crippen LogP contribution in [0.4, 0.5) is 5.69 Å². The van der Waals surface area contributed by atoms with Gasteiger partial charge in [-0.3, -0.25) is 4.79 Å². The first-order valence-corrected chi connectivity index (χ1v) is 11.2. The maximum Gasteiger partial charge on any atom is 0.262 e. The quantitative estimate of drug-likeness (QED) is 0.686. The van der Waals surface area contributed by atoms with E-state index in [9.17, 15) is 13.2 Å². The molecule has 2 aromatic rings. The number of ether oxygens (including phenoxy) is 3. The Hall–Kier alpha value is -2.62. The van der Waals surface area contributed by atoms with Crippen molar-refractivity contribution in [2.75, 3.05) is 44.8 Å². The van der Waals surface area contributed by atoms with Crippen LogP contribution in [0, 0.1) is 6.92 Å². The van der Waals surface area contributed by atoms with Gasteiger partial charge in [0.15, 0.2) is 6.61 Å². The van der Waals surface area contributed by atoms with Gasteiger partial charge in [0.2, 0.25) is 10.0 Å².